The molecule has 39 heavy (non-hydrogen) atoms. The van der Waals surface area contributed by atoms with Gasteiger partial charge in [-0.05, 0) is 55.8 Å². The van der Waals surface area contributed by atoms with Crippen molar-refractivity contribution in [2.75, 3.05) is 0 Å². The lowest BCUT2D eigenvalue weighted by Gasteiger charge is -2.15. The minimum Gasteiger partial charge on any atom is -0.445 e. The van der Waals surface area contributed by atoms with Crippen molar-refractivity contribution in [2.24, 2.45) is 0 Å². The molecule has 0 spiro atoms. The van der Waals surface area contributed by atoms with Crippen molar-refractivity contribution >= 4 is 38.8 Å². The van der Waals surface area contributed by atoms with Gasteiger partial charge in [0.15, 0.2) is 0 Å². The van der Waals surface area contributed by atoms with Crippen molar-refractivity contribution in [3.8, 4) is 5.69 Å². The average Bonchev–Trinajstić information content (AvgIpc) is 3.20. The molecule has 0 bridgehead atoms. The Labute approximate surface area is 228 Å². The normalized spacial score (nSPS) is 12.9. The number of carbonyl (C=O) groups excluding carboxylic acids is 1. The van der Waals surface area contributed by atoms with Gasteiger partial charge in [-0.3, -0.25) is 4.57 Å². The van der Waals surface area contributed by atoms with E-state index in [0.29, 0.717) is 29.9 Å². The average molecular weight is 580 g/mol. The second-order valence-electron chi connectivity index (χ2n) is 9.04. The standard InChI is InChI=1S/C27H25ClF3N3O4S/c1-4-25-32-23-14-21(27(29,30)31)22(28)15-24(23)34(25)19-9-7-18(8-10-19)13-17(3)38-26(35)33-39(36,37)20-11-5-16(2)6-12-20/h5-12,14-15,17H,4,13H2,1-3H3,(H,33,35)/t17-/m1/s1. The van der Waals surface area contributed by atoms with Crippen LogP contribution in [0.1, 0.15) is 36.4 Å². The zero-order chi connectivity index (χ0) is 28.5. The molecule has 0 radical (unpaired) electrons. The number of imidazole rings is 1. The summed E-state index contributed by atoms with van der Waals surface area (Å²) in [5.74, 6) is 0.566. The number of benzene rings is 3. The Morgan fingerprint density at radius 1 is 1.10 bits per heavy atom. The van der Waals surface area contributed by atoms with Crippen molar-refractivity contribution < 1.29 is 31.1 Å². The monoisotopic (exact) mass is 579 g/mol. The third kappa shape index (κ3) is 6.36. The van der Waals surface area contributed by atoms with Gasteiger partial charge in [-0.1, -0.05) is 48.4 Å². The molecule has 0 aliphatic carbocycles. The van der Waals surface area contributed by atoms with Gasteiger partial charge in [0, 0.05) is 18.5 Å². The molecule has 12 heteroatoms. The van der Waals surface area contributed by atoms with Crippen LogP contribution in [0.4, 0.5) is 18.0 Å². The van der Waals surface area contributed by atoms with Gasteiger partial charge >= 0.3 is 12.3 Å². The second kappa shape index (κ2) is 10.9. The number of aromatic nitrogens is 2. The highest BCUT2D eigenvalue weighted by atomic mass is 35.5. The van der Waals surface area contributed by atoms with E-state index in [2.05, 4.69) is 4.98 Å². The van der Waals surface area contributed by atoms with Gasteiger partial charge in [0.2, 0.25) is 0 Å². The molecule has 1 N–H and O–H groups in total. The van der Waals surface area contributed by atoms with Gasteiger partial charge in [0.1, 0.15) is 11.9 Å². The molecule has 0 aliphatic heterocycles. The van der Waals surface area contributed by atoms with E-state index in [1.165, 1.54) is 18.2 Å². The number of amides is 1. The van der Waals surface area contributed by atoms with Crippen molar-refractivity contribution in [3.05, 3.63) is 88.2 Å². The Kier molecular flexibility index (Phi) is 7.94. The molecule has 206 valence electrons. The second-order valence-corrected chi connectivity index (χ2v) is 11.1. The molecule has 0 saturated heterocycles. The van der Waals surface area contributed by atoms with Gasteiger partial charge in [-0.15, -0.1) is 0 Å². The van der Waals surface area contributed by atoms with Crippen molar-refractivity contribution in [3.63, 3.8) is 0 Å². The first-order valence-corrected chi connectivity index (χ1v) is 13.8. The van der Waals surface area contributed by atoms with E-state index in [4.69, 9.17) is 16.3 Å². The molecule has 0 fully saturated rings. The molecule has 1 aromatic heterocycles. The van der Waals surface area contributed by atoms with Gasteiger partial charge in [0.25, 0.3) is 10.0 Å². The number of carbonyl (C=O) groups is 1. The molecule has 0 aliphatic rings. The predicted molar refractivity (Wildman–Crippen MR) is 142 cm³/mol. The van der Waals surface area contributed by atoms with Crippen LogP contribution >= 0.6 is 11.6 Å². The van der Waals surface area contributed by atoms with Gasteiger partial charge in [0.05, 0.1) is 26.5 Å². The summed E-state index contributed by atoms with van der Waals surface area (Å²) in [6, 6.07) is 15.4. The summed E-state index contributed by atoms with van der Waals surface area (Å²) in [5, 5.41) is -0.413. The van der Waals surface area contributed by atoms with E-state index < -0.39 is 39.0 Å². The highest BCUT2D eigenvalue weighted by molar-refractivity contribution is 7.90. The Morgan fingerprint density at radius 2 is 1.74 bits per heavy atom. The minimum absolute atomic E-state index is 0.0531. The lowest BCUT2D eigenvalue weighted by atomic mass is 10.1. The van der Waals surface area contributed by atoms with Crippen molar-refractivity contribution in [1.29, 1.82) is 0 Å². The number of nitrogens with one attached hydrogen (secondary N) is 1. The summed E-state index contributed by atoms with van der Waals surface area (Å²) in [7, 11) is -4.07. The number of rotatable bonds is 7. The summed E-state index contributed by atoms with van der Waals surface area (Å²) in [6.45, 7) is 5.29. The number of halogens is 4. The first kappa shape index (κ1) is 28.4. The van der Waals surface area contributed by atoms with Crippen LogP contribution in [0.2, 0.25) is 5.02 Å². The Hall–Kier alpha value is -3.57. The Bertz CT molecular complexity index is 1620. The van der Waals surface area contributed by atoms with Gasteiger partial charge < -0.3 is 4.74 Å². The maximum atomic E-state index is 13.3. The number of fused-ring (bicyclic) bond motifs is 1. The van der Waals surface area contributed by atoms with E-state index in [1.54, 1.807) is 47.9 Å². The zero-order valence-electron chi connectivity index (χ0n) is 21.2. The fourth-order valence-electron chi connectivity index (χ4n) is 4.14. The lowest BCUT2D eigenvalue weighted by Crippen LogP contribution is -2.33. The maximum Gasteiger partial charge on any atom is 0.421 e. The zero-order valence-corrected chi connectivity index (χ0v) is 22.8. The molecular weight excluding hydrogens is 555 g/mol. The first-order valence-electron chi connectivity index (χ1n) is 12.0. The van der Waals surface area contributed by atoms with Crippen LogP contribution in [0.5, 0.6) is 0 Å². The van der Waals surface area contributed by atoms with E-state index in [0.717, 1.165) is 17.2 Å². The lowest BCUT2D eigenvalue weighted by molar-refractivity contribution is -0.137. The summed E-state index contributed by atoms with van der Waals surface area (Å²) >= 11 is 5.96. The summed E-state index contributed by atoms with van der Waals surface area (Å²) < 4.78 is 73.6. The fraction of sp³-hybridized carbons (Fsp3) is 0.259. The number of aryl methyl sites for hydroxylation is 2. The molecule has 3 aromatic carbocycles. The van der Waals surface area contributed by atoms with Crippen LogP contribution in [0, 0.1) is 6.92 Å². The van der Waals surface area contributed by atoms with Crippen LogP contribution in [0.3, 0.4) is 0 Å². The summed E-state index contributed by atoms with van der Waals surface area (Å²) in [5.41, 5.74) is 2.03. The molecular formula is C27H25ClF3N3O4S. The van der Waals surface area contributed by atoms with Crippen LogP contribution in [0.25, 0.3) is 16.7 Å². The fourth-order valence-corrected chi connectivity index (χ4v) is 5.28. The topological polar surface area (TPSA) is 90.3 Å². The first-order chi connectivity index (χ1) is 18.3. The molecule has 7 nitrogen and oxygen atoms in total. The van der Waals surface area contributed by atoms with Crippen molar-refractivity contribution in [2.45, 2.75) is 50.8 Å². The van der Waals surface area contributed by atoms with E-state index in [9.17, 15) is 26.4 Å². The minimum atomic E-state index is -4.59. The molecule has 1 atom stereocenters. The summed E-state index contributed by atoms with van der Waals surface area (Å²) in [6.07, 6.45) is -5.56. The van der Waals surface area contributed by atoms with Crippen LogP contribution in [0.15, 0.2) is 65.6 Å². The van der Waals surface area contributed by atoms with Gasteiger partial charge in [-0.25, -0.2) is 22.9 Å². The summed E-state index contributed by atoms with van der Waals surface area (Å²) in [4.78, 5) is 16.5. The van der Waals surface area contributed by atoms with Gasteiger partial charge in [-0.2, -0.15) is 13.2 Å². The predicted octanol–water partition coefficient (Wildman–Crippen LogP) is 6.61. The number of alkyl halides is 3. The van der Waals surface area contributed by atoms with Crippen molar-refractivity contribution in [1.82, 2.24) is 14.3 Å². The van der Waals surface area contributed by atoms with Crippen LogP contribution in [-0.4, -0.2) is 30.2 Å². The molecule has 0 saturated carbocycles. The number of hydrogen-bond donors (Lipinski definition) is 1. The Balaban J connectivity index is 1.48. The largest absolute Gasteiger partial charge is 0.445 e. The SMILES string of the molecule is CCc1nc2cc(C(F)(F)F)c(Cl)cc2n1-c1ccc(C[C@@H](C)OC(=O)NS(=O)(=O)c2ccc(C)cc2)cc1. The highest BCUT2D eigenvalue weighted by Gasteiger charge is 2.34. The third-order valence-corrected chi connectivity index (χ3v) is 7.65. The molecule has 4 rings (SSSR count). The maximum absolute atomic E-state index is 13.3. The number of sulfonamides is 1. The molecule has 4 aromatic rings. The van der Waals surface area contributed by atoms with E-state index in [1.807, 2.05) is 18.6 Å². The quantitative estimate of drug-likeness (QED) is 0.266. The number of ether oxygens (including phenoxy) is 1. The highest BCUT2D eigenvalue weighted by Crippen LogP contribution is 2.37. The van der Waals surface area contributed by atoms with E-state index >= 15 is 0 Å². The molecule has 1 amide bonds. The molecule has 0 unspecified atom stereocenters. The van der Waals surface area contributed by atoms with Crippen LogP contribution < -0.4 is 4.72 Å². The Morgan fingerprint density at radius 3 is 2.33 bits per heavy atom. The molecule has 1 heterocycles. The number of hydrogen-bond acceptors (Lipinski definition) is 5. The van der Waals surface area contributed by atoms with Crippen LogP contribution in [-0.2, 0) is 33.8 Å². The third-order valence-electron chi connectivity index (χ3n) is 6.01. The number of nitrogens with zero attached hydrogens (tertiary/aromatic N) is 2. The smallest absolute Gasteiger partial charge is 0.421 e. The van der Waals surface area contributed by atoms with E-state index in [-0.39, 0.29) is 10.4 Å².